The molecule has 0 saturated carbocycles. The Bertz CT molecular complexity index is 764. The van der Waals surface area contributed by atoms with Crippen LogP contribution in [-0.4, -0.2) is 64.6 Å². The smallest absolute Gasteiger partial charge is 0.426 e. The van der Waals surface area contributed by atoms with Crippen molar-refractivity contribution in [3.63, 3.8) is 0 Å². The molecule has 0 aliphatic heterocycles. The lowest BCUT2D eigenvalue weighted by Crippen LogP contribution is -2.55. The molecule has 1 heterocycles. The van der Waals surface area contributed by atoms with Crippen LogP contribution < -0.4 is 10.6 Å². The number of rotatable bonds is 11. The quantitative estimate of drug-likeness (QED) is 0.382. The first kappa shape index (κ1) is 22.5. The summed E-state index contributed by atoms with van der Waals surface area (Å²) in [7, 11) is -0.332. The molecule has 0 fully saturated rings. The highest BCUT2D eigenvalue weighted by Gasteiger charge is 2.29. The van der Waals surface area contributed by atoms with Gasteiger partial charge in [-0.3, -0.25) is 14.6 Å². The van der Waals surface area contributed by atoms with Crippen molar-refractivity contribution in [2.75, 3.05) is 13.7 Å². The van der Waals surface area contributed by atoms with Gasteiger partial charge in [0.15, 0.2) is 0 Å². The number of ether oxygens (including phenoxy) is 1. The van der Waals surface area contributed by atoms with Crippen LogP contribution in [-0.2, 0) is 16.0 Å². The molecule has 0 spiro atoms. The van der Waals surface area contributed by atoms with Crippen molar-refractivity contribution in [1.29, 1.82) is 0 Å². The Morgan fingerprint density at radius 2 is 1.93 bits per heavy atom. The Morgan fingerprint density at radius 3 is 2.55 bits per heavy atom. The summed E-state index contributed by atoms with van der Waals surface area (Å²) < 4.78 is 5.01. The van der Waals surface area contributed by atoms with Gasteiger partial charge >= 0.3 is 7.12 Å². The van der Waals surface area contributed by atoms with Crippen LogP contribution in [0.5, 0.6) is 0 Å². The Morgan fingerprint density at radius 1 is 1.17 bits per heavy atom. The molecule has 1 unspecified atom stereocenters. The van der Waals surface area contributed by atoms with Crippen LogP contribution in [0.4, 0.5) is 0 Å². The summed E-state index contributed by atoms with van der Waals surface area (Å²) in [6.07, 6.45) is 5.82. The van der Waals surface area contributed by atoms with Gasteiger partial charge in [0.05, 0.1) is 18.7 Å². The Kier molecular flexibility index (Phi) is 9.22. The fourth-order valence-corrected chi connectivity index (χ4v) is 2.75. The first-order valence-corrected chi connectivity index (χ1v) is 9.27. The average molecular weight is 400 g/mol. The van der Waals surface area contributed by atoms with Crippen LogP contribution in [0.15, 0.2) is 48.9 Å². The highest BCUT2D eigenvalue weighted by molar-refractivity contribution is 6.43. The van der Waals surface area contributed by atoms with Crippen molar-refractivity contribution in [2.45, 2.75) is 31.2 Å². The number of nitrogens with one attached hydrogen (secondary N) is 2. The van der Waals surface area contributed by atoms with Gasteiger partial charge < -0.3 is 25.4 Å². The zero-order valence-electron chi connectivity index (χ0n) is 16.2. The number of aromatic nitrogens is 2. The molecule has 2 aromatic rings. The van der Waals surface area contributed by atoms with E-state index in [4.69, 9.17) is 4.74 Å². The van der Waals surface area contributed by atoms with Gasteiger partial charge in [0, 0.05) is 19.5 Å². The zero-order chi connectivity index (χ0) is 21.1. The van der Waals surface area contributed by atoms with E-state index in [1.165, 1.54) is 25.7 Å². The SMILES string of the molecule is COCC(NC(=O)c1cnccn1)C(=O)N[C@@H](CCCc1ccccc1)B(O)O. The van der Waals surface area contributed by atoms with Gasteiger partial charge in [0.25, 0.3) is 5.91 Å². The lowest BCUT2D eigenvalue weighted by molar-refractivity contribution is -0.124. The number of carbonyl (C=O) groups is 2. The number of amides is 2. The standard InChI is InChI=1S/C19H25BN4O5/c1-29-13-16(23-18(25)15-12-21-10-11-22-15)19(26)24-17(20(27)28)9-5-8-14-6-3-2-4-7-14/h2-4,6-7,10-12,16-17,27-28H,5,8-9,13H2,1H3,(H,23,25)(H,24,26)/t16?,17-/m0/s1. The summed E-state index contributed by atoms with van der Waals surface area (Å²) in [6.45, 7) is -0.0872. The molecule has 2 amide bonds. The normalized spacial score (nSPS) is 12.7. The Labute approximate surface area is 169 Å². The fourth-order valence-electron chi connectivity index (χ4n) is 2.75. The summed E-state index contributed by atoms with van der Waals surface area (Å²) in [5.74, 6) is -2.04. The molecule has 29 heavy (non-hydrogen) atoms. The second-order valence-corrected chi connectivity index (χ2v) is 6.48. The van der Waals surface area contributed by atoms with Crippen LogP contribution in [0.2, 0.25) is 0 Å². The molecule has 154 valence electrons. The molecule has 0 radical (unpaired) electrons. The molecular formula is C19H25BN4O5. The largest absolute Gasteiger partial charge is 0.475 e. The third-order valence-corrected chi connectivity index (χ3v) is 4.26. The van der Waals surface area contributed by atoms with E-state index < -0.39 is 30.9 Å². The number of benzene rings is 1. The van der Waals surface area contributed by atoms with E-state index in [1.807, 2.05) is 30.3 Å². The molecule has 0 saturated heterocycles. The second-order valence-electron chi connectivity index (χ2n) is 6.48. The van der Waals surface area contributed by atoms with Crippen LogP contribution in [0.25, 0.3) is 0 Å². The number of aryl methyl sites for hydroxylation is 1. The first-order valence-electron chi connectivity index (χ1n) is 9.27. The van der Waals surface area contributed by atoms with Crippen molar-refractivity contribution in [3.8, 4) is 0 Å². The number of methoxy groups -OCH3 is 1. The maximum absolute atomic E-state index is 12.6. The van der Waals surface area contributed by atoms with E-state index in [-0.39, 0.29) is 12.3 Å². The van der Waals surface area contributed by atoms with Crippen LogP contribution in [0.1, 0.15) is 28.9 Å². The van der Waals surface area contributed by atoms with Crippen LogP contribution >= 0.6 is 0 Å². The molecule has 0 aliphatic rings. The predicted molar refractivity (Wildman–Crippen MR) is 107 cm³/mol. The molecule has 0 bridgehead atoms. The zero-order valence-corrected chi connectivity index (χ0v) is 16.2. The summed E-state index contributed by atoms with van der Waals surface area (Å²) >= 11 is 0. The molecule has 2 atom stereocenters. The third-order valence-electron chi connectivity index (χ3n) is 4.26. The molecule has 9 nitrogen and oxygen atoms in total. The van der Waals surface area contributed by atoms with Gasteiger partial charge in [-0.1, -0.05) is 30.3 Å². The van der Waals surface area contributed by atoms with Crippen molar-refractivity contribution < 1.29 is 24.4 Å². The molecule has 0 aliphatic carbocycles. The molecule has 10 heteroatoms. The van der Waals surface area contributed by atoms with E-state index >= 15 is 0 Å². The minimum atomic E-state index is -1.73. The monoisotopic (exact) mass is 400 g/mol. The summed E-state index contributed by atoms with van der Waals surface area (Å²) in [5, 5.41) is 24.4. The molecule has 2 rings (SSSR count). The summed E-state index contributed by atoms with van der Waals surface area (Å²) in [6, 6.07) is 8.74. The topological polar surface area (TPSA) is 134 Å². The Hall–Kier alpha value is -2.82. The fraction of sp³-hybridized carbons (Fsp3) is 0.368. The van der Waals surface area contributed by atoms with E-state index in [2.05, 4.69) is 20.6 Å². The van der Waals surface area contributed by atoms with Crippen molar-refractivity contribution >= 4 is 18.9 Å². The van der Waals surface area contributed by atoms with E-state index in [0.717, 1.165) is 12.0 Å². The number of nitrogens with zero attached hydrogens (tertiary/aromatic N) is 2. The third kappa shape index (κ3) is 7.61. The second kappa shape index (κ2) is 11.9. The van der Waals surface area contributed by atoms with Crippen LogP contribution in [0.3, 0.4) is 0 Å². The van der Waals surface area contributed by atoms with Gasteiger partial charge in [0.1, 0.15) is 11.7 Å². The number of hydrogen-bond donors (Lipinski definition) is 4. The van der Waals surface area contributed by atoms with Crippen molar-refractivity contribution in [1.82, 2.24) is 20.6 Å². The molecule has 1 aromatic carbocycles. The molecule has 4 N–H and O–H groups in total. The number of hydrogen-bond acceptors (Lipinski definition) is 7. The van der Waals surface area contributed by atoms with Gasteiger partial charge in [-0.2, -0.15) is 0 Å². The molecular weight excluding hydrogens is 375 g/mol. The highest BCUT2D eigenvalue weighted by Crippen LogP contribution is 2.08. The van der Waals surface area contributed by atoms with E-state index in [9.17, 15) is 19.6 Å². The van der Waals surface area contributed by atoms with Crippen LogP contribution in [0, 0.1) is 0 Å². The average Bonchev–Trinajstić information content (AvgIpc) is 2.73. The maximum atomic E-state index is 12.6. The molecule has 1 aromatic heterocycles. The van der Waals surface area contributed by atoms with E-state index in [1.54, 1.807) is 0 Å². The lowest BCUT2D eigenvalue weighted by Gasteiger charge is -2.22. The Balaban J connectivity index is 1.92. The van der Waals surface area contributed by atoms with Gasteiger partial charge in [-0.15, -0.1) is 0 Å². The number of carbonyl (C=O) groups excluding carboxylic acids is 2. The van der Waals surface area contributed by atoms with Gasteiger partial charge in [-0.25, -0.2) is 4.98 Å². The lowest BCUT2D eigenvalue weighted by atomic mass is 9.76. The van der Waals surface area contributed by atoms with Crippen molar-refractivity contribution in [2.24, 2.45) is 0 Å². The summed E-state index contributed by atoms with van der Waals surface area (Å²) in [4.78, 5) is 32.5. The van der Waals surface area contributed by atoms with Gasteiger partial charge in [-0.05, 0) is 24.8 Å². The maximum Gasteiger partial charge on any atom is 0.475 e. The predicted octanol–water partition coefficient (Wildman–Crippen LogP) is -0.259. The van der Waals surface area contributed by atoms with Crippen molar-refractivity contribution in [3.05, 3.63) is 60.2 Å². The van der Waals surface area contributed by atoms with E-state index in [0.29, 0.717) is 12.8 Å². The van der Waals surface area contributed by atoms with Gasteiger partial charge in [0.2, 0.25) is 5.91 Å². The summed E-state index contributed by atoms with van der Waals surface area (Å²) in [5.41, 5.74) is 1.18. The minimum absolute atomic E-state index is 0.0583. The minimum Gasteiger partial charge on any atom is -0.426 e. The highest BCUT2D eigenvalue weighted by atomic mass is 16.5. The first-order chi connectivity index (χ1) is 14.0.